The Morgan fingerprint density at radius 2 is 2.04 bits per heavy atom. The van der Waals surface area contributed by atoms with Crippen molar-refractivity contribution in [2.45, 2.75) is 43.9 Å². The molecule has 136 valence electrons. The van der Waals surface area contributed by atoms with Crippen molar-refractivity contribution in [3.8, 4) is 0 Å². The molecule has 0 amide bonds. The van der Waals surface area contributed by atoms with Crippen molar-refractivity contribution >= 4 is 16.7 Å². The fraction of sp³-hybridized carbons (Fsp3) is 0.571. The highest BCUT2D eigenvalue weighted by Gasteiger charge is 2.55. The number of aliphatic hydroxyl groups is 1. The number of alkyl halides is 2. The van der Waals surface area contributed by atoms with E-state index in [4.69, 9.17) is 0 Å². The monoisotopic (exact) mass is 368 g/mol. The molecule has 1 aromatic rings. The lowest BCUT2D eigenvalue weighted by molar-refractivity contribution is -0.386. The summed E-state index contributed by atoms with van der Waals surface area (Å²) in [6, 6.07) is 2.05. The molecule has 0 aromatic heterocycles. The number of nitro groups is 1. The van der Waals surface area contributed by atoms with Crippen molar-refractivity contribution in [3.63, 3.8) is 0 Å². The van der Waals surface area contributed by atoms with Crippen molar-refractivity contribution in [3.05, 3.63) is 39.7 Å². The van der Waals surface area contributed by atoms with Crippen LogP contribution in [-0.2, 0) is 16.5 Å². The molecule has 0 aliphatic rings. The molecule has 3 atom stereocenters. The van der Waals surface area contributed by atoms with E-state index < -0.39 is 56.3 Å². The predicted molar refractivity (Wildman–Crippen MR) is 83.5 cm³/mol. The molecular formula is C14H19F3N2O4S. The number of rotatable bonds is 8. The summed E-state index contributed by atoms with van der Waals surface area (Å²) in [6.07, 6.45) is 0.391. The highest BCUT2D eigenvalue weighted by atomic mass is 32.2. The Morgan fingerprint density at radius 1 is 1.46 bits per heavy atom. The smallest absolute Gasteiger partial charge is 0.277 e. The summed E-state index contributed by atoms with van der Waals surface area (Å²) in [5, 5.41) is 20.3. The van der Waals surface area contributed by atoms with E-state index in [0.717, 1.165) is 12.1 Å². The maximum Gasteiger partial charge on any atom is 0.277 e. The summed E-state index contributed by atoms with van der Waals surface area (Å²) in [7, 11) is -2.01. The number of nitro benzene ring substituents is 1. The van der Waals surface area contributed by atoms with Gasteiger partial charge in [-0.25, -0.2) is 22.1 Å². The Balaban J connectivity index is 3.61. The van der Waals surface area contributed by atoms with E-state index in [-0.39, 0.29) is 0 Å². The van der Waals surface area contributed by atoms with Gasteiger partial charge in [-0.2, -0.15) is 0 Å². The van der Waals surface area contributed by atoms with Crippen LogP contribution < -0.4 is 4.72 Å². The maximum absolute atomic E-state index is 14.3. The van der Waals surface area contributed by atoms with Crippen molar-refractivity contribution in [2.24, 2.45) is 0 Å². The summed E-state index contributed by atoms with van der Waals surface area (Å²) < 4.78 is 56.3. The lowest BCUT2D eigenvalue weighted by Gasteiger charge is -2.38. The van der Waals surface area contributed by atoms with E-state index in [9.17, 15) is 32.6 Å². The Kier molecular flexibility index (Phi) is 6.48. The Hall–Kier alpha value is -1.52. The fourth-order valence-electron chi connectivity index (χ4n) is 2.08. The van der Waals surface area contributed by atoms with Gasteiger partial charge in [-0.1, -0.05) is 6.92 Å². The summed E-state index contributed by atoms with van der Waals surface area (Å²) in [5.74, 6) is -4.72. The van der Waals surface area contributed by atoms with Gasteiger partial charge in [0.05, 0.1) is 34.1 Å². The quantitative estimate of drug-likeness (QED) is 0.545. The summed E-state index contributed by atoms with van der Waals surface area (Å²) in [6.45, 7) is 2.40. The van der Waals surface area contributed by atoms with Gasteiger partial charge in [0.15, 0.2) is 0 Å². The minimum absolute atomic E-state index is 0.391. The molecule has 24 heavy (non-hydrogen) atoms. The summed E-state index contributed by atoms with van der Waals surface area (Å²) >= 11 is 0. The molecule has 0 fully saturated rings. The van der Waals surface area contributed by atoms with E-state index in [1.807, 2.05) is 0 Å². The number of hydrogen-bond acceptors (Lipinski definition) is 4. The van der Waals surface area contributed by atoms with E-state index in [2.05, 4.69) is 4.72 Å². The Labute approximate surface area is 139 Å². The van der Waals surface area contributed by atoms with Crippen LogP contribution in [0.2, 0.25) is 0 Å². The number of nitrogens with zero attached hydrogens (tertiary/aromatic N) is 1. The van der Waals surface area contributed by atoms with Crippen LogP contribution in [0.3, 0.4) is 0 Å². The van der Waals surface area contributed by atoms with Gasteiger partial charge in [-0.15, -0.1) is 0 Å². The molecule has 0 radical (unpaired) electrons. The molecule has 0 saturated heterocycles. The SMILES string of the molecule is CC[C@@H](C)S(=O)N[C@@](CO)(c1ccc(F)cc1[N+](=O)[O-])C(C)(F)F. The van der Waals surface area contributed by atoms with E-state index >= 15 is 0 Å². The second kappa shape index (κ2) is 7.58. The van der Waals surface area contributed by atoms with Crippen LogP contribution >= 0.6 is 0 Å². The molecule has 0 saturated carbocycles. The van der Waals surface area contributed by atoms with Crippen molar-refractivity contribution in [1.82, 2.24) is 4.72 Å². The summed E-state index contributed by atoms with van der Waals surface area (Å²) in [5.41, 5.74) is -4.27. The lowest BCUT2D eigenvalue weighted by Crippen LogP contribution is -2.59. The number of benzene rings is 1. The zero-order valence-corrected chi connectivity index (χ0v) is 14.2. The highest BCUT2D eigenvalue weighted by molar-refractivity contribution is 7.83. The van der Waals surface area contributed by atoms with Gasteiger partial charge < -0.3 is 5.11 Å². The first kappa shape index (κ1) is 20.5. The highest BCUT2D eigenvalue weighted by Crippen LogP contribution is 2.42. The zero-order chi connectivity index (χ0) is 18.7. The van der Waals surface area contributed by atoms with E-state index in [1.165, 1.54) is 6.92 Å². The largest absolute Gasteiger partial charge is 0.394 e. The molecule has 0 aliphatic carbocycles. The second-order valence-electron chi connectivity index (χ2n) is 5.49. The van der Waals surface area contributed by atoms with Gasteiger partial charge in [0.1, 0.15) is 11.4 Å². The molecule has 6 nitrogen and oxygen atoms in total. The topological polar surface area (TPSA) is 92.5 Å². The number of hydrogen-bond donors (Lipinski definition) is 2. The molecule has 10 heteroatoms. The molecule has 0 heterocycles. The van der Waals surface area contributed by atoms with Crippen molar-refractivity contribution in [2.75, 3.05) is 6.61 Å². The molecular weight excluding hydrogens is 349 g/mol. The molecule has 0 spiro atoms. The van der Waals surface area contributed by atoms with Gasteiger partial charge in [-0.05, 0) is 25.5 Å². The van der Waals surface area contributed by atoms with E-state index in [1.54, 1.807) is 6.92 Å². The van der Waals surface area contributed by atoms with Crippen LogP contribution in [0, 0.1) is 15.9 Å². The average molecular weight is 368 g/mol. The summed E-state index contributed by atoms with van der Waals surface area (Å²) in [4.78, 5) is 10.1. The first-order valence-electron chi connectivity index (χ1n) is 7.11. The van der Waals surface area contributed by atoms with Gasteiger partial charge in [0.2, 0.25) is 0 Å². The van der Waals surface area contributed by atoms with Gasteiger partial charge in [0, 0.05) is 12.2 Å². The fourth-order valence-corrected chi connectivity index (χ4v) is 3.28. The van der Waals surface area contributed by atoms with Crippen LogP contribution in [0.4, 0.5) is 18.9 Å². The first-order valence-corrected chi connectivity index (χ1v) is 8.33. The second-order valence-corrected chi connectivity index (χ2v) is 7.09. The Morgan fingerprint density at radius 3 is 2.46 bits per heavy atom. The number of nitrogens with one attached hydrogen (secondary N) is 1. The Bertz CT molecular complexity index is 639. The van der Waals surface area contributed by atoms with Crippen LogP contribution in [0.1, 0.15) is 32.8 Å². The molecule has 0 bridgehead atoms. The van der Waals surface area contributed by atoms with Crippen LogP contribution in [0.5, 0.6) is 0 Å². The predicted octanol–water partition coefficient (Wildman–Crippen LogP) is 2.63. The number of halogens is 3. The molecule has 1 aromatic carbocycles. The minimum Gasteiger partial charge on any atom is -0.394 e. The normalized spacial score (nSPS) is 17.1. The number of aliphatic hydroxyl groups excluding tert-OH is 1. The van der Waals surface area contributed by atoms with Crippen molar-refractivity contribution < 1.29 is 27.4 Å². The third-order valence-electron chi connectivity index (χ3n) is 3.82. The third-order valence-corrected chi connectivity index (χ3v) is 5.43. The van der Waals surface area contributed by atoms with Gasteiger partial charge in [-0.3, -0.25) is 10.1 Å². The van der Waals surface area contributed by atoms with Crippen LogP contribution in [-0.4, -0.2) is 32.0 Å². The van der Waals surface area contributed by atoms with Crippen LogP contribution in [0.15, 0.2) is 18.2 Å². The maximum atomic E-state index is 14.3. The van der Waals surface area contributed by atoms with Crippen molar-refractivity contribution in [1.29, 1.82) is 0 Å². The van der Waals surface area contributed by atoms with E-state index in [0.29, 0.717) is 19.4 Å². The molecule has 2 N–H and O–H groups in total. The first-order chi connectivity index (χ1) is 11.0. The minimum atomic E-state index is -3.73. The lowest BCUT2D eigenvalue weighted by atomic mass is 9.85. The van der Waals surface area contributed by atoms with Gasteiger partial charge in [0.25, 0.3) is 11.6 Å². The third kappa shape index (κ3) is 3.93. The molecule has 1 unspecified atom stereocenters. The van der Waals surface area contributed by atoms with Gasteiger partial charge >= 0.3 is 0 Å². The molecule has 1 rings (SSSR count). The molecule has 0 aliphatic heterocycles. The zero-order valence-electron chi connectivity index (χ0n) is 13.4. The standard InChI is InChI=1S/C14H19F3N2O4S/c1-4-9(2)24(23)18-14(8-20,13(3,16)17)11-6-5-10(15)7-12(11)19(21)22/h5-7,9,18,20H,4,8H2,1-3H3/t9-,14+,24?/m1/s1. The van der Waals surface area contributed by atoms with Crippen LogP contribution in [0.25, 0.3) is 0 Å². The average Bonchev–Trinajstić information content (AvgIpc) is 2.50.